The highest BCUT2D eigenvalue weighted by Gasteiger charge is 2.35. The molecule has 2 aliphatic heterocycles. The normalized spacial score (nSPS) is 18.3. The number of aromatic nitrogens is 3. The van der Waals surface area contributed by atoms with E-state index in [1.807, 2.05) is 56.1 Å². The van der Waals surface area contributed by atoms with Gasteiger partial charge in [0.2, 0.25) is 0 Å². The number of ether oxygens (including phenoxy) is 1. The smallest absolute Gasteiger partial charge is 0.410 e. The SMILES string of the molecule is CC(C)(C)OC(=O)N1CC(n2cc(C3=Cc4nc(NC(=O)NC5CCCC5)ccc4NC3)cn2)C1. The van der Waals surface area contributed by atoms with Crippen molar-refractivity contribution in [2.24, 2.45) is 0 Å². The summed E-state index contributed by atoms with van der Waals surface area (Å²) >= 11 is 0. The Hall–Kier alpha value is -3.56. The molecule has 1 saturated heterocycles. The highest BCUT2D eigenvalue weighted by atomic mass is 16.6. The summed E-state index contributed by atoms with van der Waals surface area (Å²) in [4.78, 5) is 30.8. The van der Waals surface area contributed by atoms with Crippen molar-refractivity contribution in [1.82, 2.24) is 25.0 Å². The average molecular weight is 480 g/mol. The van der Waals surface area contributed by atoms with Crippen LogP contribution in [0.15, 0.2) is 24.5 Å². The van der Waals surface area contributed by atoms with Gasteiger partial charge in [0.1, 0.15) is 11.4 Å². The Balaban J connectivity index is 1.21. The van der Waals surface area contributed by atoms with Gasteiger partial charge < -0.3 is 20.3 Å². The molecule has 2 aromatic rings. The standard InChI is InChI=1S/C25H33N7O3/c1-25(2,3)35-24(34)31-14-19(15-31)32-13-17(12-27-32)16-10-21-20(26-11-16)8-9-22(29-21)30-23(33)28-18-6-4-5-7-18/h8-10,12-13,18-19,26H,4-7,11,14-15H2,1-3H3,(H2,28,29,30,33). The number of nitrogens with zero attached hydrogens (tertiary/aromatic N) is 4. The van der Waals surface area contributed by atoms with E-state index in [0.29, 0.717) is 25.5 Å². The summed E-state index contributed by atoms with van der Waals surface area (Å²) in [7, 11) is 0. The van der Waals surface area contributed by atoms with Gasteiger partial charge in [0.15, 0.2) is 0 Å². The van der Waals surface area contributed by atoms with Crippen LogP contribution in [0.4, 0.5) is 21.1 Å². The molecule has 3 N–H and O–H groups in total. The highest BCUT2D eigenvalue weighted by Crippen LogP contribution is 2.30. The quantitative estimate of drug-likeness (QED) is 0.609. The zero-order chi connectivity index (χ0) is 24.6. The first kappa shape index (κ1) is 23.2. The van der Waals surface area contributed by atoms with Gasteiger partial charge in [0, 0.05) is 37.4 Å². The van der Waals surface area contributed by atoms with Crippen LogP contribution in [0.1, 0.15) is 63.8 Å². The molecule has 0 radical (unpaired) electrons. The fraction of sp³-hybridized carbons (Fsp3) is 0.520. The van der Waals surface area contributed by atoms with Crippen molar-refractivity contribution in [3.63, 3.8) is 0 Å². The number of carbonyl (C=O) groups excluding carboxylic acids is 2. The molecular weight excluding hydrogens is 446 g/mol. The van der Waals surface area contributed by atoms with Gasteiger partial charge in [-0.25, -0.2) is 14.6 Å². The van der Waals surface area contributed by atoms with Gasteiger partial charge in [0.05, 0.1) is 23.6 Å². The lowest BCUT2D eigenvalue weighted by molar-refractivity contribution is -0.000394. The first-order valence-electron chi connectivity index (χ1n) is 12.3. The minimum atomic E-state index is -0.499. The molecule has 1 aliphatic carbocycles. The highest BCUT2D eigenvalue weighted by molar-refractivity contribution is 5.91. The molecule has 35 heavy (non-hydrogen) atoms. The van der Waals surface area contributed by atoms with E-state index in [1.165, 1.54) is 12.8 Å². The lowest BCUT2D eigenvalue weighted by Crippen LogP contribution is -2.52. The fourth-order valence-electron chi connectivity index (χ4n) is 4.61. The van der Waals surface area contributed by atoms with Crippen molar-refractivity contribution in [2.75, 3.05) is 30.3 Å². The molecule has 4 heterocycles. The number of amides is 3. The summed E-state index contributed by atoms with van der Waals surface area (Å²) in [5.74, 6) is 0.519. The second-order valence-corrected chi connectivity index (χ2v) is 10.5. The first-order chi connectivity index (χ1) is 16.7. The van der Waals surface area contributed by atoms with Crippen molar-refractivity contribution in [3.05, 3.63) is 35.8 Å². The number of fused-ring (bicyclic) bond motifs is 1. The molecule has 0 atom stereocenters. The Bertz CT molecular complexity index is 1140. The van der Waals surface area contributed by atoms with Crippen molar-refractivity contribution in [2.45, 2.75) is 64.1 Å². The number of anilines is 2. The van der Waals surface area contributed by atoms with Crippen LogP contribution in [-0.2, 0) is 4.74 Å². The molecular formula is C25H33N7O3. The summed E-state index contributed by atoms with van der Waals surface area (Å²) in [6, 6.07) is 3.92. The largest absolute Gasteiger partial charge is 0.444 e. The van der Waals surface area contributed by atoms with Crippen molar-refractivity contribution in [1.29, 1.82) is 0 Å². The van der Waals surface area contributed by atoms with E-state index in [1.54, 1.807) is 4.90 Å². The van der Waals surface area contributed by atoms with Crippen molar-refractivity contribution >= 4 is 35.3 Å². The zero-order valence-corrected chi connectivity index (χ0v) is 20.5. The third kappa shape index (κ3) is 5.41. The van der Waals surface area contributed by atoms with Crippen LogP contribution in [0.5, 0.6) is 0 Å². The lowest BCUT2D eigenvalue weighted by atomic mass is 10.0. The Labute approximate surface area is 205 Å². The summed E-state index contributed by atoms with van der Waals surface area (Å²) in [5, 5.41) is 13.8. The third-order valence-corrected chi connectivity index (χ3v) is 6.50. The molecule has 3 amide bonds. The molecule has 2 fully saturated rings. The van der Waals surface area contributed by atoms with Crippen LogP contribution in [0, 0.1) is 0 Å². The number of hydrogen-bond donors (Lipinski definition) is 3. The molecule has 0 unspecified atom stereocenters. The van der Waals surface area contributed by atoms with Gasteiger partial charge in [-0.2, -0.15) is 5.10 Å². The molecule has 186 valence electrons. The third-order valence-electron chi connectivity index (χ3n) is 6.50. The number of urea groups is 1. The van der Waals surface area contributed by atoms with Crippen LogP contribution in [0.2, 0.25) is 0 Å². The summed E-state index contributed by atoms with van der Waals surface area (Å²) in [6.45, 7) is 7.41. The Morgan fingerprint density at radius 3 is 2.69 bits per heavy atom. The van der Waals surface area contributed by atoms with Crippen LogP contribution in [0.3, 0.4) is 0 Å². The summed E-state index contributed by atoms with van der Waals surface area (Å²) < 4.78 is 7.34. The van der Waals surface area contributed by atoms with Crippen LogP contribution >= 0.6 is 0 Å². The molecule has 0 spiro atoms. The molecule has 2 aromatic heterocycles. The number of hydrogen-bond acceptors (Lipinski definition) is 6. The molecule has 0 bridgehead atoms. The van der Waals surface area contributed by atoms with Gasteiger partial charge in [-0.05, 0) is 57.4 Å². The van der Waals surface area contributed by atoms with Crippen LogP contribution in [0.25, 0.3) is 11.6 Å². The lowest BCUT2D eigenvalue weighted by Gasteiger charge is -2.39. The number of rotatable bonds is 4. The number of nitrogens with one attached hydrogen (secondary N) is 3. The van der Waals surface area contributed by atoms with E-state index in [-0.39, 0.29) is 24.2 Å². The van der Waals surface area contributed by atoms with E-state index in [2.05, 4.69) is 26.0 Å². The molecule has 0 aromatic carbocycles. The van der Waals surface area contributed by atoms with Gasteiger partial charge >= 0.3 is 12.1 Å². The Kier molecular flexibility index (Phi) is 6.12. The van der Waals surface area contributed by atoms with Crippen molar-refractivity contribution < 1.29 is 14.3 Å². The minimum absolute atomic E-state index is 0.132. The van der Waals surface area contributed by atoms with Crippen LogP contribution in [-0.4, -0.2) is 63.1 Å². The minimum Gasteiger partial charge on any atom is -0.444 e. The maximum absolute atomic E-state index is 12.3. The van der Waals surface area contributed by atoms with Gasteiger partial charge in [0.25, 0.3) is 0 Å². The maximum Gasteiger partial charge on any atom is 0.410 e. The predicted molar refractivity (Wildman–Crippen MR) is 134 cm³/mol. The van der Waals surface area contributed by atoms with E-state index in [0.717, 1.165) is 35.4 Å². The predicted octanol–water partition coefficient (Wildman–Crippen LogP) is 4.10. The number of pyridine rings is 1. The molecule has 10 heteroatoms. The molecule has 1 saturated carbocycles. The monoisotopic (exact) mass is 479 g/mol. The molecule has 3 aliphatic rings. The maximum atomic E-state index is 12.3. The first-order valence-corrected chi connectivity index (χ1v) is 12.3. The van der Waals surface area contributed by atoms with Crippen molar-refractivity contribution in [3.8, 4) is 0 Å². The summed E-state index contributed by atoms with van der Waals surface area (Å²) in [5.41, 5.74) is 3.26. The average Bonchev–Trinajstić information content (AvgIpc) is 3.43. The summed E-state index contributed by atoms with van der Waals surface area (Å²) in [6.07, 6.45) is 9.99. The second-order valence-electron chi connectivity index (χ2n) is 10.5. The zero-order valence-electron chi connectivity index (χ0n) is 20.5. The van der Waals surface area contributed by atoms with E-state index >= 15 is 0 Å². The van der Waals surface area contributed by atoms with E-state index in [4.69, 9.17) is 4.74 Å². The fourth-order valence-corrected chi connectivity index (χ4v) is 4.61. The van der Waals surface area contributed by atoms with Gasteiger partial charge in [-0.3, -0.25) is 10.00 Å². The Morgan fingerprint density at radius 2 is 1.94 bits per heavy atom. The second kappa shape index (κ2) is 9.24. The molecule has 10 nitrogen and oxygen atoms in total. The van der Waals surface area contributed by atoms with Gasteiger partial charge in [-0.15, -0.1) is 0 Å². The number of likely N-dealkylation sites (tertiary alicyclic amines) is 1. The Morgan fingerprint density at radius 1 is 1.17 bits per heavy atom. The number of carbonyl (C=O) groups is 2. The van der Waals surface area contributed by atoms with Crippen LogP contribution < -0.4 is 16.0 Å². The molecule has 5 rings (SSSR count). The van der Waals surface area contributed by atoms with E-state index < -0.39 is 5.60 Å². The topological polar surface area (TPSA) is 113 Å². The van der Waals surface area contributed by atoms with Gasteiger partial charge in [-0.1, -0.05) is 12.8 Å². The van der Waals surface area contributed by atoms with E-state index in [9.17, 15) is 9.59 Å².